The van der Waals surface area contributed by atoms with Crippen LogP contribution in [-0.2, 0) is 11.2 Å². The highest BCUT2D eigenvalue weighted by molar-refractivity contribution is 5.94. The number of rotatable bonds is 10. The minimum Gasteiger partial charge on any atom is -0.481 e. The third kappa shape index (κ3) is 6.42. The molecule has 1 aliphatic rings. The largest absolute Gasteiger partial charge is 0.481 e. The second-order valence-electron chi connectivity index (χ2n) is 9.28. The zero-order chi connectivity index (χ0) is 24.8. The number of hydrogen-bond acceptors (Lipinski definition) is 5. The van der Waals surface area contributed by atoms with E-state index >= 15 is 0 Å². The molecular weight excluding hydrogens is 441 g/mol. The van der Waals surface area contributed by atoms with E-state index in [0.29, 0.717) is 30.9 Å². The van der Waals surface area contributed by atoms with Crippen LogP contribution >= 0.6 is 0 Å². The lowest BCUT2D eigenvalue weighted by Crippen LogP contribution is -2.36. The molecule has 2 heterocycles. The molecular formula is C25H34FN3O5. The van der Waals surface area contributed by atoms with E-state index in [1.165, 1.54) is 12.1 Å². The van der Waals surface area contributed by atoms with Crippen molar-refractivity contribution in [1.82, 2.24) is 14.7 Å². The van der Waals surface area contributed by atoms with Gasteiger partial charge in [0.15, 0.2) is 5.69 Å². The molecule has 9 heteroatoms. The van der Waals surface area contributed by atoms with Crippen molar-refractivity contribution in [2.75, 3.05) is 13.1 Å². The van der Waals surface area contributed by atoms with Gasteiger partial charge < -0.3 is 20.2 Å². The Bertz CT molecular complexity index is 983. The summed E-state index contributed by atoms with van der Waals surface area (Å²) in [5, 5.41) is 33.8. The summed E-state index contributed by atoms with van der Waals surface area (Å²) < 4.78 is 15.2. The molecule has 1 aromatic carbocycles. The number of carboxylic acids is 1. The Labute approximate surface area is 199 Å². The van der Waals surface area contributed by atoms with Gasteiger partial charge >= 0.3 is 5.97 Å². The van der Waals surface area contributed by atoms with E-state index in [-0.39, 0.29) is 30.5 Å². The summed E-state index contributed by atoms with van der Waals surface area (Å²) in [6.07, 6.45) is 1.05. The highest BCUT2D eigenvalue weighted by Gasteiger charge is 2.29. The molecule has 3 N–H and O–H groups in total. The molecule has 0 bridgehead atoms. The van der Waals surface area contributed by atoms with E-state index in [1.807, 2.05) is 18.7 Å². The van der Waals surface area contributed by atoms with Crippen LogP contribution in [0.15, 0.2) is 24.3 Å². The predicted octanol–water partition coefficient (Wildman–Crippen LogP) is 3.28. The van der Waals surface area contributed by atoms with E-state index in [9.17, 15) is 24.2 Å². The second-order valence-corrected chi connectivity index (χ2v) is 9.28. The molecule has 1 saturated heterocycles. The van der Waals surface area contributed by atoms with Gasteiger partial charge in [-0.2, -0.15) is 5.10 Å². The summed E-state index contributed by atoms with van der Waals surface area (Å²) in [6.45, 7) is 5.34. The summed E-state index contributed by atoms with van der Waals surface area (Å²) in [7, 11) is 0. The molecule has 3 rings (SSSR count). The molecule has 0 unspecified atom stereocenters. The number of carbonyl (C=O) groups is 2. The number of benzene rings is 1. The zero-order valence-electron chi connectivity index (χ0n) is 19.8. The van der Waals surface area contributed by atoms with Crippen LogP contribution in [0.5, 0.6) is 0 Å². The fourth-order valence-corrected chi connectivity index (χ4v) is 4.53. The molecule has 8 nitrogen and oxygen atoms in total. The van der Waals surface area contributed by atoms with Gasteiger partial charge in [-0.25, -0.2) is 9.07 Å². The summed E-state index contributed by atoms with van der Waals surface area (Å²) in [6, 6.07) is 5.86. The normalized spacial score (nSPS) is 16.0. The minimum atomic E-state index is -1.14. The van der Waals surface area contributed by atoms with Gasteiger partial charge in [-0.1, -0.05) is 13.8 Å². The van der Waals surface area contributed by atoms with Crippen molar-refractivity contribution in [2.24, 2.45) is 0 Å². The Morgan fingerprint density at radius 2 is 1.71 bits per heavy atom. The molecule has 0 saturated carbocycles. The standard InChI is InChI=1S/C25H34FN3O5/c1-16(2)23-21(11-10-19(30)14-20(31)15-22(32)33)29(18-8-6-17(26)7-9-18)27-24(23)25(34)28-12-4-3-5-13-28/h6-9,16,19-20,30-31H,3-5,10-15H2,1-2H3,(H,32,33)/t19-,20-/m1/s1. The fourth-order valence-electron chi connectivity index (χ4n) is 4.53. The van der Waals surface area contributed by atoms with Gasteiger partial charge in [-0.05, 0) is 68.7 Å². The van der Waals surface area contributed by atoms with Gasteiger partial charge in [-0.15, -0.1) is 0 Å². The molecule has 1 aliphatic heterocycles. The van der Waals surface area contributed by atoms with E-state index < -0.39 is 24.6 Å². The third-order valence-corrected chi connectivity index (χ3v) is 6.18. The predicted molar refractivity (Wildman–Crippen MR) is 125 cm³/mol. The quantitative estimate of drug-likeness (QED) is 0.486. The average Bonchev–Trinajstić information content (AvgIpc) is 3.17. The highest BCUT2D eigenvalue weighted by Crippen LogP contribution is 2.30. The lowest BCUT2D eigenvalue weighted by Gasteiger charge is -2.26. The fraction of sp³-hybridized carbons (Fsp3) is 0.560. The number of nitrogens with zero attached hydrogens (tertiary/aromatic N) is 3. The number of aliphatic hydroxyl groups excluding tert-OH is 2. The van der Waals surface area contributed by atoms with Gasteiger partial charge in [0.05, 0.1) is 24.3 Å². The van der Waals surface area contributed by atoms with Crippen molar-refractivity contribution in [2.45, 2.75) is 76.9 Å². The topological polar surface area (TPSA) is 116 Å². The lowest BCUT2D eigenvalue weighted by molar-refractivity contribution is -0.139. The first-order valence-corrected chi connectivity index (χ1v) is 11.9. The lowest BCUT2D eigenvalue weighted by atomic mass is 9.95. The Morgan fingerprint density at radius 1 is 1.06 bits per heavy atom. The number of hydrogen-bond donors (Lipinski definition) is 3. The smallest absolute Gasteiger partial charge is 0.305 e. The first kappa shape index (κ1) is 25.8. The summed E-state index contributed by atoms with van der Waals surface area (Å²) in [4.78, 5) is 26.0. The van der Waals surface area contributed by atoms with E-state index in [2.05, 4.69) is 5.10 Å². The van der Waals surface area contributed by atoms with Crippen molar-refractivity contribution in [3.63, 3.8) is 0 Å². The number of halogens is 1. The molecule has 1 amide bonds. The maximum Gasteiger partial charge on any atom is 0.305 e. The van der Waals surface area contributed by atoms with Gasteiger partial charge in [0.25, 0.3) is 5.91 Å². The number of amides is 1. The average molecular weight is 476 g/mol. The van der Waals surface area contributed by atoms with Crippen LogP contribution in [0.2, 0.25) is 0 Å². The van der Waals surface area contributed by atoms with Crippen LogP contribution in [0, 0.1) is 5.82 Å². The van der Waals surface area contributed by atoms with Crippen LogP contribution in [0.1, 0.15) is 80.0 Å². The van der Waals surface area contributed by atoms with Crippen LogP contribution in [0.3, 0.4) is 0 Å². The number of likely N-dealkylation sites (tertiary alicyclic amines) is 1. The monoisotopic (exact) mass is 475 g/mol. The number of carbonyl (C=O) groups excluding carboxylic acids is 1. The van der Waals surface area contributed by atoms with E-state index in [0.717, 1.165) is 30.5 Å². The van der Waals surface area contributed by atoms with Crippen molar-refractivity contribution < 1.29 is 29.3 Å². The van der Waals surface area contributed by atoms with Crippen molar-refractivity contribution in [3.8, 4) is 5.69 Å². The van der Waals surface area contributed by atoms with Crippen molar-refractivity contribution in [3.05, 3.63) is 47.0 Å². The van der Waals surface area contributed by atoms with Gasteiger partial charge in [0.2, 0.25) is 0 Å². The molecule has 0 aliphatic carbocycles. The molecule has 1 fully saturated rings. The Hall–Kier alpha value is -2.78. The molecule has 0 spiro atoms. The summed E-state index contributed by atoms with van der Waals surface area (Å²) >= 11 is 0. The molecule has 34 heavy (non-hydrogen) atoms. The molecule has 2 atom stereocenters. The number of carboxylic acid groups (broad SMARTS) is 1. The summed E-state index contributed by atoms with van der Waals surface area (Å²) in [5.74, 6) is -1.66. The number of aliphatic hydroxyl groups is 2. The van der Waals surface area contributed by atoms with Crippen LogP contribution in [0.4, 0.5) is 4.39 Å². The first-order valence-electron chi connectivity index (χ1n) is 11.9. The van der Waals surface area contributed by atoms with Crippen molar-refractivity contribution in [1.29, 1.82) is 0 Å². The van der Waals surface area contributed by atoms with E-state index in [4.69, 9.17) is 5.11 Å². The van der Waals surface area contributed by atoms with Crippen LogP contribution in [-0.4, -0.2) is 67.2 Å². The zero-order valence-corrected chi connectivity index (χ0v) is 19.8. The maximum atomic E-state index is 13.6. The van der Waals surface area contributed by atoms with Gasteiger partial charge in [0.1, 0.15) is 5.82 Å². The van der Waals surface area contributed by atoms with Crippen molar-refractivity contribution >= 4 is 11.9 Å². The molecule has 2 aromatic rings. The molecule has 0 radical (unpaired) electrons. The third-order valence-electron chi connectivity index (χ3n) is 6.18. The van der Waals surface area contributed by atoms with E-state index in [1.54, 1.807) is 16.8 Å². The summed E-state index contributed by atoms with van der Waals surface area (Å²) in [5.41, 5.74) is 2.51. The van der Waals surface area contributed by atoms with Crippen LogP contribution in [0.25, 0.3) is 5.69 Å². The maximum absolute atomic E-state index is 13.6. The first-order chi connectivity index (χ1) is 16.2. The van der Waals surface area contributed by atoms with Gasteiger partial charge in [0, 0.05) is 24.3 Å². The number of piperidine rings is 1. The Balaban J connectivity index is 1.94. The number of aromatic nitrogens is 2. The highest BCUT2D eigenvalue weighted by atomic mass is 19.1. The SMILES string of the molecule is CC(C)c1c(C(=O)N2CCCCC2)nn(-c2ccc(F)cc2)c1CC[C@@H](O)C[C@@H](O)CC(=O)O. The second kappa shape index (κ2) is 11.6. The minimum absolute atomic E-state index is 0.0253. The van der Waals surface area contributed by atoms with Gasteiger partial charge in [-0.3, -0.25) is 9.59 Å². The molecule has 1 aromatic heterocycles. The number of aliphatic carboxylic acids is 1. The Kier molecular flexibility index (Phi) is 8.79. The Morgan fingerprint density at radius 3 is 2.29 bits per heavy atom. The molecule has 186 valence electrons. The van der Waals surface area contributed by atoms with Crippen LogP contribution < -0.4 is 0 Å².